The van der Waals surface area contributed by atoms with Crippen LogP contribution in [0.1, 0.15) is 46.6 Å². The van der Waals surface area contributed by atoms with E-state index in [1.54, 1.807) is 7.11 Å². The summed E-state index contributed by atoms with van der Waals surface area (Å²) in [4.78, 5) is 0. The highest BCUT2D eigenvalue weighted by molar-refractivity contribution is 7.80. The zero-order valence-corrected chi connectivity index (χ0v) is 14.9. The Hall–Kier alpha value is -1.29. The second kappa shape index (κ2) is 7.12. The maximum absolute atomic E-state index is 5.41. The molecule has 0 radical (unpaired) electrons. The quantitative estimate of drug-likeness (QED) is 0.809. The molecule has 118 valence electrons. The van der Waals surface area contributed by atoms with E-state index in [9.17, 15) is 0 Å². The van der Waals surface area contributed by atoms with Gasteiger partial charge in [0.05, 0.1) is 7.11 Å². The molecule has 0 aliphatic carbocycles. The molecule has 3 nitrogen and oxygen atoms in total. The van der Waals surface area contributed by atoms with Gasteiger partial charge in [-0.05, 0) is 44.0 Å². The molecule has 0 spiro atoms. The Morgan fingerprint density at radius 1 is 1.14 bits per heavy atom. The first-order chi connectivity index (χ1) is 9.63. The van der Waals surface area contributed by atoms with Crippen molar-refractivity contribution in [2.45, 2.75) is 53.1 Å². The van der Waals surface area contributed by atoms with Crippen molar-refractivity contribution >= 4 is 17.3 Å². The summed E-state index contributed by atoms with van der Waals surface area (Å²) >= 11 is 5.41. The fourth-order valence-electron chi connectivity index (χ4n) is 2.75. The van der Waals surface area contributed by atoms with E-state index < -0.39 is 0 Å². The highest BCUT2D eigenvalue weighted by Gasteiger charge is 2.25. The minimum atomic E-state index is -0.0386. The predicted molar refractivity (Wildman–Crippen MR) is 93.7 cm³/mol. The molecule has 0 aliphatic rings. The third kappa shape index (κ3) is 6.80. The van der Waals surface area contributed by atoms with Crippen molar-refractivity contribution in [2.24, 2.45) is 5.41 Å². The SMILES string of the molecule is COc1ccccc1CNC(=S)NC(C)(C)CC(C)(C)C. The van der Waals surface area contributed by atoms with Gasteiger partial charge in [-0.2, -0.15) is 0 Å². The molecule has 4 heteroatoms. The molecule has 0 aliphatic heterocycles. The first kappa shape index (κ1) is 17.8. The van der Waals surface area contributed by atoms with E-state index in [1.165, 1.54) is 0 Å². The molecular weight excluding hydrogens is 280 g/mol. The minimum absolute atomic E-state index is 0.0386. The largest absolute Gasteiger partial charge is 0.496 e. The van der Waals surface area contributed by atoms with Crippen molar-refractivity contribution in [3.8, 4) is 5.75 Å². The molecule has 1 aromatic carbocycles. The van der Waals surface area contributed by atoms with E-state index in [1.807, 2.05) is 24.3 Å². The summed E-state index contributed by atoms with van der Waals surface area (Å²) < 4.78 is 5.34. The molecule has 0 aromatic heterocycles. The van der Waals surface area contributed by atoms with Crippen LogP contribution in [0.3, 0.4) is 0 Å². The lowest BCUT2D eigenvalue weighted by molar-refractivity contribution is 0.266. The molecule has 0 unspecified atom stereocenters. The van der Waals surface area contributed by atoms with Crippen LogP contribution in [-0.4, -0.2) is 17.8 Å². The number of rotatable bonds is 5. The molecule has 1 aromatic rings. The number of hydrogen-bond acceptors (Lipinski definition) is 2. The van der Waals surface area contributed by atoms with Gasteiger partial charge in [-0.1, -0.05) is 39.0 Å². The van der Waals surface area contributed by atoms with Crippen LogP contribution in [0.5, 0.6) is 5.75 Å². The summed E-state index contributed by atoms with van der Waals surface area (Å²) in [5.41, 5.74) is 1.32. The maximum Gasteiger partial charge on any atom is 0.166 e. The highest BCUT2D eigenvalue weighted by atomic mass is 32.1. The molecule has 1 rings (SSSR count). The van der Waals surface area contributed by atoms with Crippen LogP contribution in [0.15, 0.2) is 24.3 Å². The van der Waals surface area contributed by atoms with Crippen LogP contribution in [-0.2, 0) is 6.54 Å². The van der Waals surface area contributed by atoms with Gasteiger partial charge >= 0.3 is 0 Å². The summed E-state index contributed by atoms with van der Waals surface area (Å²) in [7, 11) is 1.68. The number of benzene rings is 1. The van der Waals surface area contributed by atoms with E-state index in [2.05, 4.69) is 45.3 Å². The molecule has 0 saturated heterocycles. The zero-order chi connectivity index (χ0) is 16.1. The number of nitrogens with one attached hydrogen (secondary N) is 2. The Labute approximate surface area is 134 Å². The Morgan fingerprint density at radius 3 is 2.33 bits per heavy atom. The Bertz CT molecular complexity index is 478. The van der Waals surface area contributed by atoms with Crippen LogP contribution in [0.2, 0.25) is 0 Å². The average Bonchev–Trinajstić information content (AvgIpc) is 2.33. The summed E-state index contributed by atoms with van der Waals surface area (Å²) in [5, 5.41) is 7.33. The Balaban J connectivity index is 2.54. The Morgan fingerprint density at radius 2 is 1.76 bits per heavy atom. The van der Waals surface area contributed by atoms with E-state index in [-0.39, 0.29) is 11.0 Å². The molecule has 2 N–H and O–H groups in total. The van der Waals surface area contributed by atoms with Crippen LogP contribution in [0.25, 0.3) is 0 Å². The molecule has 0 heterocycles. The standard InChI is InChI=1S/C17H28N2OS/c1-16(2,3)12-17(4,5)19-15(21)18-11-13-9-7-8-10-14(13)20-6/h7-10H,11-12H2,1-6H3,(H2,18,19,21). The zero-order valence-electron chi connectivity index (χ0n) is 14.0. The Kier molecular flexibility index (Phi) is 6.02. The smallest absolute Gasteiger partial charge is 0.166 e. The van der Waals surface area contributed by atoms with Crippen LogP contribution in [0.4, 0.5) is 0 Å². The van der Waals surface area contributed by atoms with Gasteiger partial charge in [0.25, 0.3) is 0 Å². The van der Waals surface area contributed by atoms with Gasteiger partial charge in [-0.15, -0.1) is 0 Å². The molecule has 0 bridgehead atoms. The van der Waals surface area contributed by atoms with Gasteiger partial charge in [-0.25, -0.2) is 0 Å². The van der Waals surface area contributed by atoms with Gasteiger partial charge in [0, 0.05) is 17.6 Å². The predicted octanol–water partition coefficient (Wildman–Crippen LogP) is 3.87. The van der Waals surface area contributed by atoms with Crippen molar-refractivity contribution in [2.75, 3.05) is 7.11 Å². The highest BCUT2D eigenvalue weighted by Crippen LogP contribution is 2.26. The van der Waals surface area contributed by atoms with Gasteiger partial charge in [0.2, 0.25) is 0 Å². The van der Waals surface area contributed by atoms with Gasteiger partial charge < -0.3 is 15.4 Å². The maximum atomic E-state index is 5.41. The van der Waals surface area contributed by atoms with E-state index in [0.29, 0.717) is 11.7 Å². The van der Waals surface area contributed by atoms with Crippen molar-refractivity contribution in [1.29, 1.82) is 0 Å². The average molecular weight is 308 g/mol. The third-order valence-corrected chi connectivity index (χ3v) is 3.30. The monoisotopic (exact) mass is 308 g/mol. The topological polar surface area (TPSA) is 33.3 Å². The molecule has 0 fully saturated rings. The molecule has 0 amide bonds. The minimum Gasteiger partial charge on any atom is -0.496 e. The normalized spacial score (nSPS) is 11.9. The fraction of sp³-hybridized carbons (Fsp3) is 0.588. The molecule has 21 heavy (non-hydrogen) atoms. The van der Waals surface area contributed by atoms with Gasteiger partial charge in [0.15, 0.2) is 5.11 Å². The second-order valence-corrected chi connectivity index (χ2v) is 7.65. The molecular formula is C17H28N2OS. The number of hydrogen-bond donors (Lipinski definition) is 2. The van der Waals surface area contributed by atoms with Crippen molar-refractivity contribution in [1.82, 2.24) is 10.6 Å². The van der Waals surface area contributed by atoms with E-state index in [0.717, 1.165) is 17.7 Å². The number of para-hydroxylation sites is 1. The van der Waals surface area contributed by atoms with Gasteiger partial charge in [-0.3, -0.25) is 0 Å². The van der Waals surface area contributed by atoms with Crippen molar-refractivity contribution in [3.05, 3.63) is 29.8 Å². The molecule has 0 atom stereocenters. The number of methoxy groups -OCH3 is 1. The lowest BCUT2D eigenvalue weighted by Gasteiger charge is -2.34. The van der Waals surface area contributed by atoms with Crippen LogP contribution in [0, 0.1) is 5.41 Å². The van der Waals surface area contributed by atoms with Gasteiger partial charge in [0.1, 0.15) is 5.75 Å². The van der Waals surface area contributed by atoms with Crippen molar-refractivity contribution < 1.29 is 4.74 Å². The van der Waals surface area contributed by atoms with Crippen molar-refractivity contribution in [3.63, 3.8) is 0 Å². The van der Waals surface area contributed by atoms with E-state index >= 15 is 0 Å². The molecule has 0 saturated carbocycles. The summed E-state index contributed by atoms with van der Waals surface area (Å²) in [6.07, 6.45) is 1.04. The van der Waals surface area contributed by atoms with E-state index in [4.69, 9.17) is 17.0 Å². The first-order valence-electron chi connectivity index (χ1n) is 7.31. The summed E-state index contributed by atoms with van der Waals surface area (Å²) in [6.45, 7) is 11.7. The summed E-state index contributed by atoms with van der Waals surface area (Å²) in [5.74, 6) is 0.877. The lowest BCUT2D eigenvalue weighted by Crippen LogP contribution is -2.49. The fourth-order valence-corrected chi connectivity index (χ4v) is 3.09. The number of ether oxygens (including phenoxy) is 1. The third-order valence-electron chi connectivity index (χ3n) is 3.06. The summed E-state index contributed by atoms with van der Waals surface area (Å²) in [6, 6.07) is 7.96. The number of thiocarbonyl (C=S) groups is 1. The van der Waals surface area contributed by atoms with Crippen LogP contribution >= 0.6 is 12.2 Å². The lowest BCUT2D eigenvalue weighted by atomic mass is 9.82. The van der Waals surface area contributed by atoms with Crippen LogP contribution < -0.4 is 15.4 Å². The first-order valence-corrected chi connectivity index (χ1v) is 7.72. The second-order valence-electron chi connectivity index (χ2n) is 7.24.